The molecule has 12 heteroatoms. The first-order valence-electron chi connectivity index (χ1n) is 13.4. The summed E-state index contributed by atoms with van der Waals surface area (Å²) >= 11 is 13.4. The second-order valence-electron chi connectivity index (χ2n) is 9.28. The number of hydrogen-bond donors (Lipinski definition) is 3. The molecule has 232 valence electrons. The lowest BCUT2D eigenvalue weighted by atomic mass is 10.1. The Morgan fingerprint density at radius 3 is 2.09 bits per heavy atom. The van der Waals surface area contributed by atoms with Crippen LogP contribution in [0, 0.1) is 0 Å². The summed E-state index contributed by atoms with van der Waals surface area (Å²) in [5, 5.41) is 9.11. The van der Waals surface area contributed by atoms with E-state index >= 15 is 0 Å². The van der Waals surface area contributed by atoms with Crippen molar-refractivity contribution >= 4 is 70.1 Å². The number of nitrogens with one attached hydrogen (secondary N) is 3. The van der Waals surface area contributed by atoms with Gasteiger partial charge in [-0.1, -0.05) is 41.4 Å². The average Bonchev–Trinajstić information content (AvgIpc) is 3.05. The van der Waals surface area contributed by atoms with Crippen LogP contribution < -0.4 is 30.2 Å². The van der Waals surface area contributed by atoms with E-state index < -0.39 is 11.8 Å². The Hall–Kier alpha value is -4.64. The fraction of sp³-hybridized carbons (Fsp3) is 0.121. The Kier molecular flexibility index (Phi) is 11.7. The molecule has 0 atom stereocenters. The summed E-state index contributed by atoms with van der Waals surface area (Å²) in [4.78, 5) is 39.7. The fourth-order valence-electron chi connectivity index (χ4n) is 4.06. The van der Waals surface area contributed by atoms with Crippen LogP contribution in [0.15, 0.2) is 95.5 Å². The van der Waals surface area contributed by atoms with Crippen LogP contribution in [0.3, 0.4) is 0 Å². The van der Waals surface area contributed by atoms with Gasteiger partial charge in [-0.2, -0.15) is 0 Å². The molecule has 0 heterocycles. The van der Waals surface area contributed by atoms with Crippen molar-refractivity contribution in [2.75, 3.05) is 37.7 Å². The van der Waals surface area contributed by atoms with E-state index in [1.165, 1.54) is 39.2 Å². The fourth-order valence-corrected chi connectivity index (χ4v) is 5.09. The minimum absolute atomic E-state index is 0.0204. The van der Waals surface area contributed by atoms with Gasteiger partial charge in [0.1, 0.15) is 5.70 Å². The SMILES string of the molecule is COc1cc(/C=C(\NC(=O)c2ccccc2)C(=O)Nc2ccc(SCC(=O)Nc3cc(Cl)ccc3Cl)cc2)cc(OC)c1OC. The van der Waals surface area contributed by atoms with Crippen LogP contribution in [0.5, 0.6) is 17.2 Å². The van der Waals surface area contributed by atoms with Crippen LogP contribution in [0.2, 0.25) is 10.0 Å². The van der Waals surface area contributed by atoms with Gasteiger partial charge in [-0.25, -0.2) is 0 Å². The summed E-state index contributed by atoms with van der Waals surface area (Å²) in [6.07, 6.45) is 1.51. The van der Waals surface area contributed by atoms with Crippen molar-refractivity contribution in [1.82, 2.24) is 5.32 Å². The number of halogens is 2. The molecule has 0 bridgehead atoms. The van der Waals surface area contributed by atoms with Crippen molar-refractivity contribution < 1.29 is 28.6 Å². The molecule has 0 saturated heterocycles. The van der Waals surface area contributed by atoms with E-state index in [0.29, 0.717) is 49.8 Å². The Morgan fingerprint density at radius 1 is 0.800 bits per heavy atom. The van der Waals surface area contributed by atoms with E-state index in [1.54, 1.807) is 84.9 Å². The van der Waals surface area contributed by atoms with Gasteiger partial charge in [0, 0.05) is 21.2 Å². The highest BCUT2D eigenvalue weighted by atomic mass is 35.5. The first-order valence-corrected chi connectivity index (χ1v) is 15.1. The maximum Gasteiger partial charge on any atom is 0.272 e. The standard InChI is InChI=1S/C33H29Cl2N3O6S/c1-42-28-16-20(17-29(43-2)31(28)44-3)15-27(38-32(40)21-7-5-4-6-8-21)33(41)36-23-10-12-24(13-11-23)45-19-30(39)37-26-18-22(34)9-14-25(26)35/h4-18H,19H2,1-3H3,(H,36,41)(H,37,39)(H,38,40)/b27-15-. The number of amides is 3. The number of hydrogen-bond acceptors (Lipinski definition) is 7. The van der Waals surface area contributed by atoms with Gasteiger partial charge in [-0.3, -0.25) is 14.4 Å². The van der Waals surface area contributed by atoms with Crippen molar-refractivity contribution in [1.29, 1.82) is 0 Å². The largest absolute Gasteiger partial charge is 0.493 e. The molecular weight excluding hydrogens is 637 g/mol. The minimum Gasteiger partial charge on any atom is -0.493 e. The van der Waals surface area contributed by atoms with Crippen molar-refractivity contribution in [2.45, 2.75) is 4.90 Å². The summed E-state index contributed by atoms with van der Waals surface area (Å²) in [7, 11) is 4.46. The Balaban J connectivity index is 1.49. The number of anilines is 2. The Labute approximate surface area is 274 Å². The van der Waals surface area contributed by atoms with Crippen LogP contribution >= 0.6 is 35.0 Å². The molecule has 4 aromatic carbocycles. The monoisotopic (exact) mass is 665 g/mol. The quantitative estimate of drug-likeness (QED) is 0.109. The molecule has 4 rings (SSSR count). The zero-order valence-corrected chi connectivity index (χ0v) is 26.8. The lowest BCUT2D eigenvalue weighted by Gasteiger charge is -2.15. The molecule has 45 heavy (non-hydrogen) atoms. The van der Waals surface area contributed by atoms with Crippen molar-refractivity contribution in [3.05, 3.63) is 112 Å². The van der Waals surface area contributed by atoms with Crippen molar-refractivity contribution in [2.24, 2.45) is 0 Å². The van der Waals surface area contributed by atoms with Crippen LogP contribution in [-0.4, -0.2) is 44.8 Å². The summed E-state index contributed by atoms with van der Waals surface area (Å²) in [6, 6.07) is 23.6. The van der Waals surface area contributed by atoms with Gasteiger partial charge >= 0.3 is 0 Å². The Bertz CT molecular complexity index is 1690. The van der Waals surface area contributed by atoms with Crippen LogP contribution in [0.4, 0.5) is 11.4 Å². The normalized spacial score (nSPS) is 10.9. The highest BCUT2D eigenvalue weighted by Gasteiger charge is 2.18. The number of ether oxygens (including phenoxy) is 3. The molecular formula is C33H29Cl2N3O6S. The molecule has 3 N–H and O–H groups in total. The molecule has 0 radical (unpaired) electrons. The van der Waals surface area contributed by atoms with E-state index in [1.807, 2.05) is 0 Å². The van der Waals surface area contributed by atoms with Crippen molar-refractivity contribution in [3.8, 4) is 17.2 Å². The molecule has 0 aliphatic heterocycles. The topological polar surface area (TPSA) is 115 Å². The predicted molar refractivity (Wildman–Crippen MR) is 179 cm³/mol. The summed E-state index contributed by atoms with van der Waals surface area (Å²) < 4.78 is 16.3. The molecule has 0 aromatic heterocycles. The maximum absolute atomic E-state index is 13.5. The van der Waals surface area contributed by atoms with E-state index in [0.717, 1.165) is 4.90 Å². The summed E-state index contributed by atoms with van der Waals surface area (Å²) in [5.41, 5.74) is 1.79. The molecule has 9 nitrogen and oxygen atoms in total. The molecule has 3 amide bonds. The van der Waals surface area contributed by atoms with Gasteiger partial charge < -0.3 is 30.2 Å². The lowest BCUT2D eigenvalue weighted by molar-refractivity contribution is -0.114. The molecule has 0 aliphatic rings. The van der Waals surface area contributed by atoms with Crippen LogP contribution in [0.1, 0.15) is 15.9 Å². The first kappa shape index (κ1) is 33.3. The zero-order chi connectivity index (χ0) is 32.3. The van der Waals surface area contributed by atoms with E-state index in [9.17, 15) is 14.4 Å². The van der Waals surface area contributed by atoms with Gasteiger partial charge in [-0.05, 0) is 78.4 Å². The number of benzene rings is 4. The van der Waals surface area contributed by atoms with E-state index in [2.05, 4.69) is 16.0 Å². The number of methoxy groups -OCH3 is 3. The number of carbonyl (C=O) groups is 3. The second-order valence-corrected chi connectivity index (χ2v) is 11.2. The van der Waals surface area contributed by atoms with E-state index in [-0.39, 0.29) is 17.4 Å². The first-order chi connectivity index (χ1) is 21.7. The molecule has 0 aliphatic carbocycles. The summed E-state index contributed by atoms with van der Waals surface area (Å²) in [6.45, 7) is 0. The van der Waals surface area contributed by atoms with Gasteiger partial charge in [0.25, 0.3) is 11.8 Å². The average molecular weight is 667 g/mol. The van der Waals surface area contributed by atoms with Crippen LogP contribution in [-0.2, 0) is 9.59 Å². The van der Waals surface area contributed by atoms with E-state index in [4.69, 9.17) is 37.4 Å². The van der Waals surface area contributed by atoms with Gasteiger partial charge in [0.15, 0.2) is 11.5 Å². The third-order valence-electron chi connectivity index (χ3n) is 6.21. The van der Waals surface area contributed by atoms with Gasteiger partial charge in [0.2, 0.25) is 11.7 Å². The Morgan fingerprint density at radius 2 is 1.47 bits per heavy atom. The minimum atomic E-state index is -0.564. The summed E-state index contributed by atoms with van der Waals surface area (Å²) in [5.74, 6) is 0.00316. The third kappa shape index (κ3) is 9.18. The zero-order valence-electron chi connectivity index (χ0n) is 24.5. The number of carbonyl (C=O) groups excluding carboxylic acids is 3. The molecule has 0 spiro atoms. The van der Waals surface area contributed by atoms with Gasteiger partial charge in [0.05, 0.1) is 37.8 Å². The second kappa shape index (κ2) is 15.9. The number of thioether (sulfide) groups is 1. The highest BCUT2D eigenvalue weighted by molar-refractivity contribution is 8.00. The third-order valence-corrected chi connectivity index (χ3v) is 7.79. The smallest absolute Gasteiger partial charge is 0.272 e. The van der Waals surface area contributed by atoms with Gasteiger partial charge in [-0.15, -0.1) is 11.8 Å². The molecule has 0 saturated carbocycles. The van der Waals surface area contributed by atoms with Crippen molar-refractivity contribution in [3.63, 3.8) is 0 Å². The molecule has 0 unspecified atom stereocenters. The number of rotatable bonds is 12. The molecule has 4 aromatic rings. The highest BCUT2D eigenvalue weighted by Crippen LogP contribution is 2.38. The van der Waals surface area contributed by atoms with Crippen LogP contribution in [0.25, 0.3) is 6.08 Å². The maximum atomic E-state index is 13.5. The lowest BCUT2D eigenvalue weighted by Crippen LogP contribution is -2.30. The molecule has 0 fully saturated rings. The predicted octanol–water partition coefficient (Wildman–Crippen LogP) is 7.16.